The lowest BCUT2D eigenvalue weighted by molar-refractivity contribution is 0.281. The summed E-state index contributed by atoms with van der Waals surface area (Å²) in [7, 11) is 3.82. The Labute approximate surface area is 143 Å². The molecule has 1 aromatic rings. The zero-order chi connectivity index (χ0) is 16.2. The molecule has 6 heteroatoms. The Hall–Kier alpha value is -1.07. The summed E-state index contributed by atoms with van der Waals surface area (Å²) in [5.74, 6) is 2.91. The maximum Gasteiger partial charge on any atom is 0.193 e. The third-order valence-electron chi connectivity index (χ3n) is 3.12. The standard InChI is InChI=1S/C16H26ClN3OS/c1-18-16(19-9-4-5-12-22-3)20(2)10-11-21-15-8-6-7-14(17)13-15/h6-8,13H,4-5,9-12H2,1-3H3,(H,18,19). The van der Waals surface area contributed by atoms with E-state index in [2.05, 4.69) is 21.5 Å². The Kier molecular flexibility index (Phi) is 9.91. The lowest BCUT2D eigenvalue weighted by Crippen LogP contribution is -2.41. The molecule has 1 N–H and O–H groups in total. The molecule has 0 atom stereocenters. The lowest BCUT2D eigenvalue weighted by atomic mass is 10.3. The van der Waals surface area contributed by atoms with Crippen molar-refractivity contribution < 1.29 is 4.74 Å². The highest BCUT2D eigenvalue weighted by Gasteiger charge is 2.05. The second-order valence-corrected chi connectivity index (χ2v) is 6.32. The van der Waals surface area contributed by atoms with Gasteiger partial charge in [0, 0.05) is 25.7 Å². The van der Waals surface area contributed by atoms with E-state index in [4.69, 9.17) is 16.3 Å². The smallest absolute Gasteiger partial charge is 0.193 e. The monoisotopic (exact) mass is 343 g/mol. The van der Waals surface area contributed by atoms with Crippen LogP contribution in [0.2, 0.25) is 5.02 Å². The van der Waals surface area contributed by atoms with E-state index in [0.717, 1.165) is 31.2 Å². The van der Waals surface area contributed by atoms with Crippen LogP contribution in [0.3, 0.4) is 0 Å². The summed E-state index contributed by atoms with van der Waals surface area (Å²) in [5, 5.41) is 4.06. The summed E-state index contributed by atoms with van der Waals surface area (Å²) >= 11 is 7.82. The molecule has 1 aromatic carbocycles. The fourth-order valence-electron chi connectivity index (χ4n) is 1.92. The van der Waals surface area contributed by atoms with Gasteiger partial charge in [0.15, 0.2) is 5.96 Å². The topological polar surface area (TPSA) is 36.9 Å². The summed E-state index contributed by atoms with van der Waals surface area (Å²) in [6.07, 6.45) is 4.53. The molecule has 4 nitrogen and oxygen atoms in total. The van der Waals surface area contributed by atoms with Crippen molar-refractivity contribution in [1.29, 1.82) is 0 Å². The van der Waals surface area contributed by atoms with Gasteiger partial charge in [-0.2, -0.15) is 11.8 Å². The molecule has 0 saturated carbocycles. The second kappa shape index (κ2) is 11.5. The number of benzene rings is 1. The zero-order valence-electron chi connectivity index (χ0n) is 13.6. The summed E-state index contributed by atoms with van der Waals surface area (Å²) in [5.41, 5.74) is 0. The Morgan fingerprint density at radius 1 is 1.41 bits per heavy atom. The molecule has 0 fully saturated rings. The summed E-state index contributed by atoms with van der Waals surface area (Å²) in [4.78, 5) is 6.36. The Morgan fingerprint density at radius 3 is 2.91 bits per heavy atom. The molecule has 0 saturated heterocycles. The molecule has 0 aliphatic rings. The van der Waals surface area contributed by atoms with Crippen LogP contribution >= 0.6 is 23.4 Å². The maximum absolute atomic E-state index is 5.93. The summed E-state index contributed by atoms with van der Waals surface area (Å²) in [6.45, 7) is 2.30. The van der Waals surface area contributed by atoms with E-state index in [1.807, 2.05) is 43.1 Å². The summed E-state index contributed by atoms with van der Waals surface area (Å²) in [6, 6.07) is 7.45. The van der Waals surface area contributed by atoms with E-state index >= 15 is 0 Å². The third kappa shape index (κ3) is 7.80. The van der Waals surface area contributed by atoms with Crippen LogP contribution in [0.5, 0.6) is 5.75 Å². The van der Waals surface area contributed by atoms with E-state index in [-0.39, 0.29) is 0 Å². The maximum atomic E-state index is 5.93. The van der Waals surface area contributed by atoms with Crippen molar-refractivity contribution in [3.05, 3.63) is 29.3 Å². The van der Waals surface area contributed by atoms with Gasteiger partial charge in [0.25, 0.3) is 0 Å². The van der Waals surface area contributed by atoms with Gasteiger partial charge in [-0.05, 0) is 43.0 Å². The van der Waals surface area contributed by atoms with Gasteiger partial charge in [-0.25, -0.2) is 0 Å². The van der Waals surface area contributed by atoms with Crippen LogP contribution in [0, 0.1) is 0 Å². The Balaban J connectivity index is 2.25. The average Bonchev–Trinajstić information content (AvgIpc) is 2.51. The first kappa shape index (κ1) is 19.0. The van der Waals surface area contributed by atoms with Crippen LogP contribution < -0.4 is 10.1 Å². The molecular weight excluding hydrogens is 318 g/mol. The summed E-state index contributed by atoms with van der Waals surface area (Å²) < 4.78 is 5.70. The van der Waals surface area contributed by atoms with Crippen molar-refractivity contribution in [3.8, 4) is 5.75 Å². The molecule has 0 spiro atoms. The average molecular weight is 344 g/mol. The minimum atomic E-state index is 0.587. The predicted octanol–water partition coefficient (Wildman–Crippen LogP) is 3.37. The van der Waals surface area contributed by atoms with Crippen LogP contribution in [0.15, 0.2) is 29.3 Å². The zero-order valence-corrected chi connectivity index (χ0v) is 15.2. The van der Waals surface area contributed by atoms with E-state index in [0.29, 0.717) is 11.6 Å². The van der Waals surface area contributed by atoms with E-state index in [1.165, 1.54) is 12.2 Å². The molecule has 0 amide bonds. The van der Waals surface area contributed by atoms with Gasteiger partial charge in [-0.1, -0.05) is 17.7 Å². The fourth-order valence-corrected chi connectivity index (χ4v) is 2.59. The van der Waals surface area contributed by atoms with Crippen LogP contribution in [-0.4, -0.2) is 56.7 Å². The number of guanidine groups is 1. The van der Waals surface area contributed by atoms with Crippen molar-refractivity contribution in [3.63, 3.8) is 0 Å². The third-order valence-corrected chi connectivity index (χ3v) is 4.06. The molecule has 0 aromatic heterocycles. The van der Waals surface area contributed by atoms with Gasteiger partial charge in [0.05, 0.1) is 6.54 Å². The SMILES string of the molecule is CN=C(NCCCCSC)N(C)CCOc1cccc(Cl)c1. The van der Waals surface area contributed by atoms with Gasteiger partial charge in [-0.3, -0.25) is 4.99 Å². The van der Waals surface area contributed by atoms with Crippen molar-refractivity contribution in [2.24, 2.45) is 4.99 Å². The second-order valence-electron chi connectivity index (χ2n) is 4.90. The molecule has 0 unspecified atom stereocenters. The van der Waals surface area contributed by atoms with Crippen LogP contribution in [0.25, 0.3) is 0 Å². The van der Waals surface area contributed by atoms with Gasteiger partial charge in [-0.15, -0.1) is 0 Å². The Morgan fingerprint density at radius 2 is 2.23 bits per heavy atom. The van der Waals surface area contributed by atoms with Crippen LogP contribution in [0.4, 0.5) is 0 Å². The quantitative estimate of drug-likeness (QED) is 0.424. The molecule has 22 heavy (non-hydrogen) atoms. The number of nitrogens with one attached hydrogen (secondary N) is 1. The van der Waals surface area contributed by atoms with Gasteiger partial charge in [0.2, 0.25) is 0 Å². The first-order valence-corrected chi connectivity index (χ1v) is 9.23. The van der Waals surface area contributed by atoms with E-state index < -0.39 is 0 Å². The van der Waals surface area contributed by atoms with Gasteiger partial charge < -0.3 is 15.0 Å². The minimum Gasteiger partial charge on any atom is -0.492 e. The largest absolute Gasteiger partial charge is 0.492 e. The highest BCUT2D eigenvalue weighted by Crippen LogP contribution is 2.16. The van der Waals surface area contributed by atoms with Crippen molar-refractivity contribution in [2.45, 2.75) is 12.8 Å². The molecule has 0 aliphatic heterocycles. The normalized spacial score (nSPS) is 11.4. The number of unbranched alkanes of at least 4 members (excludes halogenated alkanes) is 1. The van der Waals surface area contributed by atoms with Crippen molar-refractivity contribution >= 4 is 29.3 Å². The molecule has 0 bridgehead atoms. The van der Waals surface area contributed by atoms with Crippen molar-refractivity contribution in [1.82, 2.24) is 10.2 Å². The van der Waals surface area contributed by atoms with Crippen LogP contribution in [-0.2, 0) is 0 Å². The number of rotatable bonds is 9. The number of hydrogen-bond donors (Lipinski definition) is 1. The highest BCUT2D eigenvalue weighted by atomic mass is 35.5. The molecule has 0 aliphatic carbocycles. The molecular formula is C16H26ClN3OS. The number of likely N-dealkylation sites (N-methyl/N-ethyl adjacent to an activating group) is 1. The molecule has 124 valence electrons. The van der Waals surface area contributed by atoms with Crippen LogP contribution in [0.1, 0.15) is 12.8 Å². The van der Waals surface area contributed by atoms with E-state index in [1.54, 1.807) is 7.05 Å². The molecule has 0 heterocycles. The number of halogens is 1. The highest BCUT2D eigenvalue weighted by molar-refractivity contribution is 7.98. The van der Waals surface area contributed by atoms with Gasteiger partial charge in [0.1, 0.15) is 12.4 Å². The predicted molar refractivity (Wildman–Crippen MR) is 98.6 cm³/mol. The van der Waals surface area contributed by atoms with Crippen molar-refractivity contribution in [2.75, 3.05) is 45.8 Å². The number of aliphatic imine (C=N–C) groups is 1. The molecule has 1 rings (SSSR count). The Bertz CT molecular complexity index is 457. The first-order chi connectivity index (χ1) is 10.7. The lowest BCUT2D eigenvalue weighted by Gasteiger charge is -2.22. The first-order valence-electron chi connectivity index (χ1n) is 7.46. The fraction of sp³-hybridized carbons (Fsp3) is 0.562. The van der Waals surface area contributed by atoms with E-state index in [9.17, 15) is 0 Å². The number of ether oxygens (including phenoxy) is 1. The minimum absolute atomic E-state index is 0.587. The number of nitrogens with zero attached hydrogens (tertiary/aromatic N) is 2. The van der Waals surface area contributed by atoms with Gasteiger partial charge >= 0.3 is 0 Å². The number of hydrogen-bond acceptors (Lipinski definition) is 3. The number of thioether (sulfide) groups is 1. The molecule has 0 radical (unpaired) electrons.